The van der Waals surface area contributed by atoms with Gasteiger partial charge in [-0.05, 0) is 25.1 Å². The number of rotatable bonds is 5. The van der Waals surface area contributed by atoms with E-state index in [4.69, 9.17) is 4.74 Å². The number of benzene rings is 1. The van der Waals surface area contributed by atoms with Gasteiger partial charge in [0.05, 0.1) is 18.8 Å². The van der Waals surface area contributed by atoms with Crippen LogP contribution in [0.2, 0.25) is 0 Å². The highest BCUT2D eigenvalue weighted by Crippen LogP contribution is 2.19. The van der Waals surface area contributed by atoms with Crippen molar-refractivity contribution in [2.24, 2.45) is 0 Å². The second-order valence-electron chi connectivity index (χ2n) is 3.79. The lowest BCUT2D eigenvalue weighted by Gasteiger charge is -2.29. The summed E-state index contributed by atoms with van der Waals surface area (Å²) < 4.78 is 6.07. The third-order valence-corrected chi connectivity index (χ3v) is 2.58. The van der Waals surface area contributed by atoms with Crippen LogP contribution in [0.25, 0.3) is 0 Å². The van der Waals surface area contributed by atoms with Crippen LogP contribution in [0.15, 0.2) is 28.7 Å². The van der Waals surface area contributed by atoms with Crippen LogP contribution in [0.5, 0.6) is 0 Å². The highest BCUT2D eigenvalue weighted by Gasteiger charge is 2.22. The Bertz CT molecular complexity index is 319. The Hall–Kier alpha value is -0.580. The van der Waals surface area contributed by atoms with Crippen LogP contribution in [-0.4, -0.2) is 31.0 Å². The van der Waals surface area contributed by atoms with Gasteiger partial charge in [0, 0.05) is 17.3 Å². The summed E-state index contributed by atoms with van der Waals surface area (Å²) in [7, 11) is 1.62. The van der Waals surface area contributed by atoms with E-state index in [1.54, 1.807) is 7.11 Å². The Morgan fingerprint density at radius 1 is 1.53 bits per heavy atom. The van der Waals surface area contributed by atoms with Crippen molar-refractivity contribution in [1.29, 1.82) is 0 Å². The van der Waals surface area contributed by atoms with Crippen molar-refractivity contribution in [3.8, 4) is 0 Å². The number of ether oxygens (including phenoxy) is 1. The number of nitrogens with one attached hydrogen (secondary N) is 1. The largest absolute Gasteiger partial charge is 0.394 e. The summed E-state index contributed by atoms with van der Waals surface area (Å²) in [5.41, 5.74) is 0.508. The lowest BCUT2D eigenvalue weighted by Crippen LogP contribution is -2.43. The van der Waals surface area contributed by atoms with E-state index in [1.807, 2.05) is 31.2 Å². The first kappa shape index (κ1) is 12.5. The first-order chi connectivity index (χ1) is 7.09. The van der Waals surface area contributed by atoms with Crippen molar-refractivity contribution in [2.75, 3.05) is 25.6 Å². The van der Waals surface area contributed by atoms with Crippen LogP contribution in [0, 0.1) is 0 Å². The summed E-state index contributed by atoms with van der Waals surface area (Å²) in [6, 6.07) is 7.81. The Labute approximate surface area is 98.6 Å². The first-order valence-corrected chi connectivity index (χ1v) is 5.52. The third kappa shape index (κ3) is 3.81. The van der Waals surface area contributed by atoms with Crippen molar-refractivity contribution >= 4 is 21.6 Å². The van der Waals surface area contributed by atoms with Crippen LogP contribution in [0.4, 0.5) is 5.69 Å². The molecule has 0 saturated carbocycles. The summed E-state index contributed by atoms with van der Waals surface area (Å²) in [5.74, 6) is 0. The number of aliphatic hydroxyl groups excluding tert-OH is 1. The number of hydrogen-bond donors (Lipinski definition) is 2. The fraction of sp³-hybridized carbons (Fsp3) is 0.455. The number of methoxy groups -OCH3 is 1. The zero-order valence-electron chi connectivity index (χ0n) is 8.96. The van der Waals surface area contributed by atoms with E-state index in [1.165, 1.54) is 0 Å². The standard InChI is InChI=1S/C11H16BrNO2/c1-11(7-14,8-15-2)13-10-5-3-4-9(12)6-10/h3-6,13-14H,7-8H2,1-2H3. The Balaban J connectivity index is 2.74. The molecule has 0 heterocycles. The van der Waals surface area contributed by atoms with Gasteiger partial charge in [0.1, 0.15) is 0 Å². The van der Waals surface area contributed by atoms with E-state index in [2.05, 4.69) is 21.2 Å². The van der Waals surface area contributed by atoms with Crippen LogP contribution in [0.1, 0.15) is 6.92 Å². The fourth-order valence-electron chi connectivity index (χ4n) is 1.35. The van der Waals surface area contributed by atoms with Crippen LogP contribution in [0.3, 0.4) is 0 Å². The predicted molar refractivity (Wildman–Crippen MR) is 65.1 cm³/mol. The van der Waals surface area contributed by atoms with Gasteiger partial charge in [0.25, 0.3) is 0 Å². The minimum Gasteiger partial charge on any atom is -0.394 e. The summed E-state index contributed by atoms with van der Waals surface area (Å²) in [6.07, 6.45) is 0. The lowest BCUT2D eigenvalue weighted by molar-refractivity contribution is 0.108. The summed E-state index contributed by atoms with van der Waals surface area (Å²) in [5, 5.41) is 12.5. The van der Waals surface area contributed by atoms with Crippen LogP contribution in [-0.2, 0) is 4.74 Å². The molecule has 0 spiro atoms. The van der Waals surface area contributed by atoms with Crippen molar-refractivity contribution < 1.29 is 9.84 Å². The minimum atomic E-state index is -0.449. The average Bonchev–Trinajstić information content (AvgIpc) is 2.18. The van der Waals surface area contributed by atoms with E-state index < -0.39 is 5.54 Å². The van der Waals surface area contributed by atoms with Gasteiger partial charge in [0.15, 0.2) is 0 Å². The molecule has 0 saturated heterocycles. The molecule has 2 N–H and O–H groups in total. The summed E-state index contributed by atoms with van der Waals surface area (Å²) in [6.45, 7) is 2.39. The molecule has 15 heavy (non-hydrogen) atoms. The molecule has 0 bridgehead atoms. The Morgan fingerprint density at radius 3 is 2.80 bits per heavy atom. The highest BCUT2D eigenvalue weighted by atomic mass is 79.9. The molecular formula is C11H16BrNO2. The molecule has 0 aromatic heterocycles. The number of anilines is 1. The van der Waals surface area contributed by atoms with Gasteiger partial charge >= 0.3 is 0 Å². The molecule has 4 heteroatoms. The van der Waals surface area contributed by atoms with E-state index >= 15 is 0 Å². The number of halogens is 1. The van der Waals surface area contributed by atoms with Gasteiger partial charge in [0.2, 0.25) is 0 Å². The molecule has 1 rings (SSSR count). The average molecular weight is 274 g/mol. The van der Waals surface area contributed by atoms with Gasteiger partial charge in [-0.15, -0.1) is 0 Å². The molecule has 3 nitrogen and oxygen atoms in total. The SMILES string of the molecule is COCC(C)(CO)Nc1cccc(Br)c1. The van der Waals surface area contributed by atoms with Gasteiger partial charge in [-0.3, -0.25) is 0 Å². The van der Waals surface area contributed by atoms with Crippen molar-refractivity contribution in [2.45, 2.75) is 12.5 Å². The Kier molecular flexibility index (Phi) is 4.57. The number of hydrogen-bond acceptors (Lipinski definition) is 3. The third-order valence-electron chi connectivity index (χ3n) is 2.08. The minimum absolute atomic E-state index is 0.0212. The van der Waals surface area contributed by atoms with Crippen molar-refractivity contribution in [3.63, 3.8) is 0 Å². The second kappa shape index (κ2) is 5.49. The number of aliphatic hydroxyl groups is 1. The predicted octanol–water partition coefficient (Wildman–Crippen LogP) is 2.26. The highest BCUT2D eigenvalue weighted by molar-refractivity contribution is 9.10. The molecule has 1 aromatic carbocycles. The summed E-state index contributed by atoms with van der Waals surface area (Å²) >= 11 is 3.40. The topological polar surface area (TPSA) is 41.5 Å². The second-order valence-corrected chi connectivity index (χ2v) is 4.70. The van der Waals surface area contributed by atoms with Gasteiger partial charge < -0.3 is 15.2 Å². The molecule has 0 aliphatic rings. The maximum absolute atomic E-state index is 9.29. The monoisotopic (exact) mass is 273 g/mol. The molecule has 0 aliphatic heterocycles. The van der Waals surface area contributed by atoms with Crippen LogP contribution < -0.4 is 5.32 Å². The van der Waals surface area contributed by atoms with E-state index in [0.29, 0.717) is 6.61 Å². The molecule has 0 amide bonds. The zero-order chi connectivity index (χ0) is 11.3. The van der Waals surface area contributed by atoms with Crippen molar-refractivity contribution in [3.05, 3.63) is 28.7 Å². The van der Waals surface area contributed by atoms with Gasteiger partial charge in [-0.1, -0.05) is 22.0 Å². The van der Waals surface area contributed by atoms with Crippen molar-refractivity contribution in [1.82, 2.24) is 0 Å². The summed E-state index contributed by atoms with van der Waals surface area (Å²) in [4.78, 5) is 0. The normalized spacial score (nSPS) is 14.7. The van der Waals surface area contributed by atoms with Crippen LogP contribution >= 0.6 is 15.9 Å². The Morgan fingerprint density at radius 2 is 2.27 bits per heavy atom. The molecule has 1 atom stereocenters. The quantitative estimate of drug-likeness (QED) is 0.865. The molecule has 0 fully saturated rings. The molecule has 0 aliphatic carbocycles. The molecule has 1 aromatic rings. The maximum Gasteiger partial charge on any atom is 0.0808 e. The fourth-order valence-corrected chi connectivity index (χ4v) is 1.75. The van der Waals surface area contributed by atoms with E-state index in [9.17, 15) is 5.11 Å². The van der Waals surface area contributed by atoms with Gasteiger partial charge in [-0.2, -0.15) is 0 Å². The molecule has 0 radical (unpaired) electrons. The maximum atomic E-state index is 9.29. The lowest BCUT2D eigenvalue weighted by atomic mass is 10.0. The smallest absolute Gasteiger partial charge is 0.0808 e. The van der Waals surface area contributed by atoms with E-state index in [0.717, 1.165) is 10.2 Å². The van der Waals surface area contributed by atoms with Gasteiger partial charge in [-0.25, -0.2) is 0 Å². The first-order valence-electron chi connectivity index (χ1n) is 4.73. The molecular weight excluding hydrogens is 258 g/mol. The zero-order valence-corrected chi connectivity index (χ0v) is 10.5. The molecule has 1 unspecified atom stereocenters. The molecule has 84 valence electrons. The van der Waals surface area contributed by atoms with E-state index in [-0.39, 0.29) is 6.61 Å².